The Balaban J connectivity index is 1.90. The Morgan fingerprint density at radius 3 is 1.31 bits per heavy atom. The summed E-state index contributed by atoms with van der Waals surface area (Å²) in [4.78, 5) is 53.5. The molecule has 3 aromatic rings. The summed E-state index contributed by atoms with van der Waals surface area (Å²) in [5, 5.41) is 22.8. The van der Waals surface area contributed by atoms with E-state index in [-0.39, 0.29) is 45.1 Å². The number of hydrogen-bond acceptors (Lipinski definition) is 9. The average Bonchev–Trinajstić information content (AvgIpc) is 2.97. The van der Waals surface area contributed by atoms with E-state index in [1.54, 1.807) is 24.3 Å². The molecule has 0 atom stereocenters. The van der Waals surface area contributed by atoms with Crippen LogP contribution in [0.15, 0.2) is 71.8 Å². The molecule has 39 heavy (non-hydrogen) atoms. The van der Waals surface area contributed by atoms with Crippen molar-refractivity contribution < 1.29 is 43.6 Å². The molecule has 0 saturated carbocycles. The van der Waals surface area contributed by atoms with E-state index in [2.05, 4.69) is 0 Å². The van der Waals surface area contributed by atoms with Gasteiger partial charge in [-0.25, -0.2) is 0 Å². The molecule has 196 valence electrons. The second kappa shape index (κ2) is 9.60. The fourth-order valence-electron chi connectivity index (χ4n) is 5.05. The smallest absolute Gasteiger partial charge is 0.234 e. The SMILES string of the molecule is COc1cc(C(C2=C(O)c3ccccc3C(=O)C2=O)C2=C(O)c3ccccc3C(=O)C2=O)cc(OC)c1OC. The minimum absolute atomic E-state index is 0.0120. The number of aliphatic hydroxyl groups excluding tert-OH is 2. The van der Waals surface area contributed by atoms with Crippen LogP contribution in [0.1, 0.15) is 43.3 Å². The molecule has 9 heteroatoms. The molecule has 0 aliphatic heterocycles. The summed E-state index contributed by atoms with van der Waals surface area (Å²) in [6.45, 7) is 0. The van der Waals surface area contributed by atoms with Crippen LogP contribution in [0.4, 0.5) is 0 Å². The lowest BCUT2D eigenvalue weighted by atomic mass is 9.72. The van der Waals surface area contributed by atoms with Crippen molar-refractivity contribution in [2.45, 2.75) is 5.92 Å². The number of allylic oxidation sites excluding steroid dienone is 2. The van der Waals surface area contributed by atoms with E-state index in [4.69, 9.17) is 14.2 Å². The van der Waals surface area contributed by atoms with Gasteiger partial charge in [0.25, 0.3) is 0 Å². The third kappa shape index (κ3) is 3.78. The van der Waals surface area contributed by atoms with Gasteiger partial charge in [-0.15, -0.1) is 0 Å². The summed E-state index contributed by atoms with van der Waals surface area (Å²) in [5.74, 6) is -6.21. The van der Waals surface area contributed by atoms with Gasteiger partial charge in [0.2, 0.25) is 28.9 Å². The van der Waals surface area contributed by atoms with Crippen LogP contribution in [-0.2, 0) is 9.59 Å². The maximum Gasteiger partial charge on any atom is 0.234 e. The Kier molecular flexibility index (Phi) is 6.27. The number of aliphatic hydroxyl groups is 2. The highest BCUT2D eigenvalue weighted by Gasteiger charge is 2.45. The molecule has 9 nitrogen and oxygen atoms in total. The van der Waals surface area contributed by atoms with Gasteiger partial charge >= 0.3 is 0 Å². The predicted octanol–water partition coefficient (Wildman–Crippen LogP) is 4.27. The summed E-state index contributed by atoms with van der Waals surface area (Å²) in [6.07, 6.45) is 0. The molecule has 0 radical (unpaired) electrons. The highest BCUT2D eigenvalue weighted by Crippen LogP contribution is 2.48. The number of fused-ring (bicyclic) bond motifs is 2. The Morgan fingerprint density at radius 2 is 0.949 bits per heavy atom. The number of ketones is 4. The first-order valence-electron chi connectivity index (χ1n) is 11.8. The number of benzene rings is 3. The molecule has 2 aliphatic rings. The van der Waals surface area contributed by atoms with Gasteiger partial charge in [-0.2, -0.15) is 0 Å². The number of hydrogen-bond donors (Lipinski definition) is 2. The minimum atomic E-state index is -1.56. The van der Waals surface area contributed by atoms with Crippen molar-refractivity contribution in [3.63, 3.8) is 0 Å². The van der Waals surface area contributed by atoms with Gasteiger partial charge in [-0.3, -0.25) is 19.2 Å². The van der Waals surface area contributed by atoms with Crippen LogP contribution in [0.5, 0.6) is 17.2 Å². The molecule has 5 rings (SSSR count). The van der Waals surface area contributed by atoms with Crippen LogP contribution in [0.2, 0.25) is 0 Å². The van der Waals surface area contributed by atoms with Crippen LogP contribution >= 0.6 is 0 Å². The lowest BCUT2D eigenvalue weighted by Gasteiger charge is -2.29. The lowest BCUT2D eigenvalue weighted by Crippen LogP contribution is -2.33. The van der Waals surface area contributed by atoms with Crippen LogP contribution < -0.4 is 14.2 Å². The van der Waals surface area contributed by atoms with Gasteiger partial charge in [-0.05, 0) is 17.7 Å². The van der Waals surface area contributed by atoms with Crippen molar-refractivity contribution in [3.8, 4) is 17.2 Å². The molecule has 0 amide bonds. The first kappa shape index (κ1) is 25.5. The molecule has 0 fully saturated rings. The monoisotopic (exact) mass is 526 g/mol. The van der Waals surface area contributed by atoms with Gasteiger partial charge in [0.15, 0.2) is 11.5 Å². The Morgan fingerprint density at radius 1 is 0.564 bits per heavy atom. The summed E-state index contributed by atoms with van der Waals surface area (Å²) in [6, 6.07) is 14.8. The summed E-state index contributed by atoms with van der Waals surface area (Å²) >= 11 is 0. The molecule has 0 saturated heterocycles. The highest BCUT2D eigenvalue weighted by molar-refractivity contribution is 6.55. The zero-order valence-corrected chi connectivity index (χ0v) is 21.1. The van der Waals surface area contributed by atoms with Gasteiger partial charge in [0.05, 0.1) is 32.5 Å². The number of carbonyl (C=O) groups is 4. The van der Waals surface area contributed by atoms with Crippen molar-refractivity contribution in [2.75, 3.05) is 21.3 Å². The van der Waals surface area contributed by atoms with E-state index < -0.39 is 51.7 Å². The van der Waals surface area contributed by atoms with Crippen molar-refractivity contribution in [2.24, 2.45) is 0 Å². The molecule has 0 aromatic heterocycles. The third-order valence-corrected chi connectivity index (χ3v) is 6.86. The quantitative estimate of drug-likeness (QED) is 0.451. The maximum atomic E-state index is 13.6. The predicted molar refractivity (Wildman–Crippen MR) is 139 cm³/mol. The second-order valence-corrected chi connectivity index (χ2v) is 8.82. The van der Waals surface area contributed by atoms with Crippen LogP contribution in [-0.4, -0.2) is 54.7 Å². The van der Waals surface area contributed by atoms with Crippen molar-refractivity contribution in [1.29, 1.82) is 0 Å². The molecule has 0 heterocycles. The number of rotatable bonds is 6. The molecular formula is C30H22O9. The fourth-order valence-corrected chi connectivity index (χ4v) is 5.05. The van der Waals surface area contributed by atoms with Gasteiger partial charge < -0.3 is 24.4 Å². The van der Waals surface area contributed by atoms with Crippen molar-refractivity contribution in [3.05, 3.63) is 99.6 Å². The zero-order chi connectivity index (χ0) is 28.0. The first-order valence-corrected chi connectivity index (χ1v) is 11.8. The van der Waals surface area contributed by atoms with Crippen LogP contribution in [0.25, 0.3) is 11.5 Å². The number of Topliss-reactive ketones (excluding diaryl/α,β-unsaturated/α-hetero) is 4. The Hall–Kier alpha value is -5.18. The lowest BCUT2D eigenvalue weighted by molar-refractivity contribution is -0.112. The normalized spacial score (nSPS) is 15.0. The molecule has 0 spiro atoms. The van der Waals surface area contributed by atoms with Crippen LogP contribution in [0.3, 0.4) is 0 Å². The van der Waals surface area contributed by atoms with E-state index in [1.807, 2.05) is 0 Å². The second-order valence-electron chi connectivity index (χ2n) is 8.82. The standard InChI is InChI=1S/C30H22O9/c1-37-19-12-14(13-20(38-2)30(19)39-3)21(22-24(31)15-8-4-6-10-17(15)26(33)28(22)35)23-25(32)16-9-5-7-11-18(16)27(34)29(23)36/h4-13,21,31-32H,1-3H3. The van der Waals surface area contributed by atoms with Gasteiger partial charge in [0.1, 0.15) is 11.5 Å². The van der Waals surface area contributed by atoms with E-state index >= 15 is 0 Å². The van der Waals surface area contributed by atoms with Crippen molar-refractivity contribution in [1.82, 2.24) is 0 Å². The molecule has 3 aromatic carbocycles. The summed E-state index contributed by atoms with van der Waals surface area (Å²) < 4.78 is 16.3. The topological polar surface area (TPSA) is 136 Å². The zero-order valence-electron chi connectivity index (χ0n) is 21.1. The fraction of sp³-hybridized carbons (Fsp3) is 0.133. The highest BCUT2D eigenvalue weighted by atomic mass is 16.5. The van der Waals surface area contributed by atoms with E-state index in [1.165, 1.54) is 57.7 Å². The third-order valence-electron chi connectivity index (χ3n) is 6.86. The summed E-state index contributed by atoms with van der Waals surface area (Å²) in [5.41, 5.74) is -0.711. The first-order chi connectivity index (χ1) is 18.7. The molecule has 2 N–H and O–H groups in total. The number of ether oxygens (including phenoxy) is 3. The van der Waals surface area contributed by atoms with Gasteiger partial charge in [0, 0.05) is 28.2 Å². The number of carbonyl (C=O) groups excluding carboxylic acids is 4. The largest absolute Gasteiger partial charge is 0.507 e. The van der Waals surface area contributed by atoms with Crippen LogP contribution in [0, 0.1) is 0 Å². The molecular weight excluding hydrogens is 504 g/mol. The van der Waals surface area contributed by atoms with E-state index in [9.17, 15) is 29.4 Å². The molecule has 0 unspecified atom stereocenters. The minimum Gasteiger partial charge on any atom is -0.507 e. The average molecular weight is 526 g/mol. The Bertz CT molecular complexity index is 1540. The van der Waals surface area contributed by atoms with E-state index in [0.29, 0.717) is 0 Å². The number of methoxy groups -OCH3 is 3. The maximum absolute atomic E-state index is 13.6. The van der Waals surface area contributed by atoms with Crippen molar-refractivity contribution >= 4 is 34.7 Å². The molecule has 2 aliphatic carbocycles. The Labute approximate surface area is 222 Å². The van der Waals surface area contributed by atoms with Gasteiger partial charge in [-0.1, -0.05) is 48.5 Å². The van der Waals surface area contributed by atoms with E-state index in [0.717, 1.165) is 0 Å². The molecule has 0 bridgehead atoms. The summed E-state index contributed by atoms with van der Waals surface area (Å²) in [7, 11) is 4.11.